The van der Waals surface area contributed by atoms with Crippen LogP contribution in [0.5, 0.6) is 5.75 Å². The number of methoxy groups -OCH3 is 1. The van der Waals surface area contributed by atoms with E-state index in [-0.39, 0.29) is 5.56 Å². The first-order chi connectivity index (χ1) is 12.8. The van der Waals surface area contributed by atoms with Crippen molar-refractivity contribution in [3.05, 3.63) is 83.0 Å². The molecule has 2 heterocycles. The highest BCUT2D eigenvalue weighted by molar-refractivity contribution is 5.80. The van der Waals surface area contributed by atoms with Gasteiger partial charge in [-0.05, 0) is 29.8 Å². The van der Waals surface area contributed by atoms with E-state index in [1.807, 2.05) is 54.6 Å². The lowest BCUT2D eigenvalue weighted by Crippen LogP contribution is -2.17. The zero-order valence-corrected chi connectivity index (χ0v) is 14.0. The summed E-state index contributed by atoms with van der Waals surface area (Å²) in [6.45, 7) is 0. The molecule has 0 aliphatic carbocycles. The Morgan fingerprint density at radius 1 is 1.12 bits per heavy atom. The van der Waals surface area contributed by atoms with E-state index in [9.17, 15) is 4.79 Å². The van der Waals surface area contributed by atoms with Gasteiger partial charge in [0.25, 0.3) is 5.56 Å². The van der Waals surface area contributed by atoms with Gasteiger partial charge in [0.05, 0.1) is 25.2 Å². The second-order valence-electron chi connectivity index (χ2n) is 5.54. The maximum absolute atomic E-state index is 12.6. The van der Waals surface area contributed by atoms with Crippen LogP contribution in [0.25, 0.3) is 16.7 Å². The summed E-state index contributed by atoms with van der Waals surface area (Å²) < 4.78 is 8.00. The Labute approximate surface area is 148 Å². The largest absolute Gasteiger partial charge is 0.497 e. The van der Waals surface area contributed by atoms with Crippen LogP contribution in [0.4, 0.5) is 0 Å². The van der Waals surface area contributed by atoms with E-state index in [1.54, 1.807) is 18.0 Å². The van der Waals surface area contributed by atoms with Gasteiger partial charge in [0.1, 0.15) is 17.5 Å². The monoisotopic (exact) mass is 345 g/mol. The van der Waals surface area contributed by atoms with Crippen molar-refractivity contribution >= 4 is 17.2 Å². The van der Waals surface area contributed by atoms with Gasteiger partial charge in [0, 0.05) is 0 Å². The average molecular weight is 345 g/mol. The lowest BCUT2D eigenvalue weighted by molar-refractivity contribution is 0.414. The van der Waals surface area contributed by atoms with E-state index in [1.165, 1.54) is 17.2 Å². The van der Waals surface area contributed by atoms with Gasteiger partial charge in [0.15, 0.2) is 5.65 Å². The molecule has 26 heavy (non-hydrogen) atoms. The molecule has 0 aliphatic rings. The van der Waals surface area contributed by atoms with E-state index in [0.29, 0.717) is 11.0 Å². The normalized spacial score (nSPS) is 11.3. The molecule has 7 nitrogen and oxygen atoms in total. The van der Waals surface area contributed by atoms with Gasteiger partial charge in [-0.3, -0.25) is 4.79 Å². The van der Waals surface area contributed by atoms with E-state index in [4.69, 9.17) is 4.74 Å². The highest BCUT2D eigenvalue weighted by atomic mass is 16.5. The molecule has 0 fully saturated rings. The first kappa shape index (κ1) is 15.8. The average Bonchev–Trinajstić information content (AvgIpc) is 3.13. The van der Waals surface area contributed by atoms with E-state index in [0.717, 1.165) is 17.0 Å². The van der Waals surface area contributed by atoms with E-state index >= 15 is 0 Å². The van der Waals surface area contributed by atoms with Crippen LogP contribution < -0.4 is 10.3 Å². The number of para-hydroxylation sites is 1. The first-order valence-corrected chi connectivity index (χ1v) is 7.95. The van der Waals surface area contributed by atoms with E-state index < -0.39 is 0 Å². The van der Waals surface area contributed by atoms with Gasteiger partial charge in [-0.15, -0.1) is 0 Å². The topological polar surface area (TPSA) is 74.3 Å². The summed E-state index contributed by atoms with van der Waals surface area (Å²) in [6, 6.07) is 16.9. The molecule has 2 aromatic heterocycles. The zero-order chi connectivity index (χ0) is 17.9. The van der Waals surface area contributed by atoms with Crippen molar-refractivity contribution in [1.29, 1.82) is 0 Å². The zero-order valence-electron chi connectivity index (χ0n) is 14.0. The molecule has 4 rings (SSSR count). The van der Waals surface area contributed by atoms with Crippen LogP contribution >= 0.6 is 0 Å². The number of benzene rings is 2. The minimum absolute atomic E-state index is 0.281. The molecule has 0 radical (unpaired) electrons. The van der Waals surface area contributed by atoms with Crippen molar-refractivity contribution in [2.45, 2.75) is 0 Å². The van der Waals surface area contributed by atoms with Crippen LogP contribution in [0.2, 0.25) is 0 Å². The van der Waals surface area contributed by atoms with Crippen molar-refractivity contribution < 1.29 is 4.74 Å². The van der Waals surface area contributed by atoms with Gasteiger partial charge < -0.3 is 4.74 Å². The highest BCUT2D eigenvalue weighted by Gasteiger charge is 2.10. The summed E-state index contributed by atoms with van der Waals surface area (Å²) in [5.41, 5.74) is 1.87. The summed E-state index contributed by atoms with van der Waals surface area (Å²) in [7, 11) is 1.60. The summed E-state index contributed by atoms with van der Waals surface area (Å²) in [6.07, 6.45) is 4.48. The molecule has 0 bridgehead atoms. The Hall–Kier alpha value is -3.74. The van der Waals surface area contributed by atoms with E-state index in [2.05, 4.69) is 15.2 Å². The number of hydrogen-bond acceptors (Lipinski definition) is 5. The fourth-order valence-electron chi connectivity index (χ4n) is 2.59. The molecular weight excluding hydrogens is 330 g/mol. The second-order valence-corrected chi connectivity index (χ2v) is 5.54. The molecule has 0 unspecified atom stereocenters. The maximum atomic E-state index is 12.6. The number of ether oxygens (including phenoxy) is 1. The van der Waals surface area contributed by atoms with Gasteiger partial charge >= 0.3 is 0 Å². The molecule has 2 aromatic carbocycles. The Morgan fingerprint density at radius 3 is 2.77 bits per heavy atom. The molecule has 0 spiro atoms. The van der Waals surface area contributed by atoms with Gasteiger partial charge in [-0.25, -0.2) is 9.67 Å². The molecule has 4 aromatic rings. The van der Waals surface area contributed by atoms with Crippen LogP contribution in [0.1, 0.15) is 5.56 Å². The summed E-state index contributed by atoms with van der Waals surface area (Å²) in [4.78, 5) is 17.0. The third-order valence-corrected chi connectivity index (χ3v) is 3.90. The third kappa shape index (κ3) is 2.86. The summed E-state index contributed by atoms with van der Waals surface area (Å²) in [5, 5.41) is 8.89. The molecule has 0 amide bonds. The molecule has 0 aliphatic heterocycles. The lowest BCUT2D eigenvalue weighted by Gasteiger charge is -2.03. The number of fused-ring (bicyclic) bond motifs is 1. The maximum Gasteiger partial charge on any atom is 0.285 e. The molecule has 128 valence electrons. The van der Waals surface area contributed by atoms with Crippen LogP contribution in [0, 0.1) is 0 Å². The Morgan fingerprint density at radius 2 is 1.96 bits per heavy atom. The molecule has 0 N–H and O–H groups in total. The van der Waals surface area contributed by atoms with Gasteiger partial charge in [-0.2, -0.15) is 14.9 Å². The minimum atomic E-state index is -0.281. The van der Waals surface area contributed by atoms with Crippen LogP contribution in [0.15, 0.2) is 77.0 Å². The summed E-state index contributed by atoms with van der Waals surface area (Å²) in [5.74, 6) is 0.721. The quantitative estimate of drug-likeness (QED) is 0.533. The lowest BCUT2D eigenvalue weighted by atomic mass is 10.2. The van der Waals surface area contributed by atoms with Crippen LogP contribution in [-0.4, -0.2) is 32.8 Å². The van der Waals surface area contributed by atoms with Gasteiger partial charge in [0.2, 0.25) is 0 Å². The van der Waals surface area contributed by atoms with Crippen molar-refractivity contribution in [3.63, 3.8) is 0 Å². The van der Waals surface area contributed by atoms with Crippen molar-refractivity contribution in [2.24, 2.45) is 5.10 Å². The minimum Gasteiger partial charge on any atom is -0.497 e. The third-order valence-electron chi connectivity index (χ3n) is 3.90. The number of aromatic nitrogens is 4. The number of hydrogen-bond donors (Lipinski definition) is 0. The smallest absolute Gasteiger partial charge is 0.285 e. The molecule has 7 heteroatoms. The van der Waals surface area contributed by atoms with Gasteiger partial charge in [-0.1, -0.05) is 30.3 Å². The molecule has 0 atom stereocenters. The van der Waals surface area contributed by atoms with Crippen LogP contribution in [-0.2, 0) is 0 Å². The fourth-order valence-corrected chi connectivity index (χ4v) is 2.59. The first-order valence-electron chi connectivity index (χ1n) is 7.95. The SMILES string of the molecule is COc1cccc(/C=N/n2cnc3c(cnn3-c3ccccc3)c2=O)c1. The van der Waals surface area contributed by atoms with Crippen LogP contribution in [0.3, 0.4) is 0 Å². The molecule has 0 saturated carbocycles. The molecular formula is C19H15N5O2. The Bertz CT molecular complexity index is 1150. The predicted octanol–water partition coefficient (Wildman–Crippen LogP) is 2.47. The Kier molecular flexibility index (Phi) is 4.03. The second kappa shape index (κ2) is 6.64. The number of nitrogens with zero attached hydrogens (tertiary/aromatic N) is 5. The standard InChI is InChI=1S/C19H15N5O2/c1-26-16-9-5-6-14(10-16)11-21-23-13-20-18-17(19(23)25)12-22-24(18)15-7-3-2-4-8-15/h2-13H,1H3/b21-11+. The fraction of sp³-hybridized carbons (Fsp3) is 0.0526. The van der Waals surface area contributed by atoms with Crippen molar-refractivity contribution in [1.82, 2.24) is 19.4 Å². The summed E-state index contributed by atoms with van der Waals surface area (Å²) >= 11 is 0. The van der Waals surface area contributed by atoms with Crippen molar-refractivity contribution in [3.8, 4) is 11.4 Å². The predicted molar refractivity (Wildman–Crippen MR) is 99.1 cm³/mol. The highest BCUT2D eigenvalue weighted by Crippen LogP contribution is 2.13. The molecule has 0 saturated heterocycles. The Balaban J connectivity index is 1.73. The number of rotatable bonds is 4. The van der Waals surface area contributed by atoms with Crippen molar-refractivity contribution in [2.75, 3.05) is 7.11 Å².